The van der Waals surface area contributed by atoms with Gasteiger partial charge in [0.1, 0.15) is 5.67 Å². The third kappa shape index (κ3) is 4.05. The number of nitrogens with zero attached hydrogens (tertiary/aromatic N) is 1. The summed E-state index contributed by atoms with van der Waals surface area (Å²) in [5, 5.41) is 3.31. The number of piperidine rings is 1. The molecule has 0 unspecified atom stereocenters. The summed E-state index contributed by atoms with van der Waals surface area (Å²) in [5.41, 5.74) is -1.07. The molecule has 3 heteroatoms. The molecule has 1 aliphatic rings. The van der Waals surface area contributed by atoms with Crippen LogP contribution in [0.5, 0.6) is 0 Å². The van der Waals surface area contributed by atoms with Crippen molar-refractivity contribution in [3.05, 3.63) is 0 Å². The highest BCUT2D eigenvalue weighted by atomic mass is 19.1. The van der Waals surface area contributed by atoms with Gasteiger partial charge in [-0.2, -0.15) is 0 Å². The van der Waals surface area contributed by atoms with Crippen molar-refractivity contribution < 1.29 is 4.39 Å². The van der Waals surface area contributed by atoms with Crippen LogP contribution < -0.4 is 5.32 Å². The first-order chi connectivity index (χ1) is 5.99. The van der Waals surface area contributed by atoms with Crippen molar-refractivity contribution in [3.63, 3.8) is 0 Å². The Morgan fingerprint density at radius 2 is 1.92 bits per heavy atom. The lowest BCUT2D eigenvalue weighted by atomic mass is 10.0. The van der Waals surface area contributed by atoms with Crippen molar-refractivity contribution in [1.29, 1.82) is 0 Å². The Morgan fingerprint density at radius 3 is 2.38 bits per heavy atom. The van der Waals surface area contributed by atoms with Crippen LogP contribution in [0.25, 0.3) is 0 Å². The second-order valence-electron chi connectivity index (χ2n) is 4.61. The lowest BCUT2D eigenvalue weighted by molar-refractivity contribution is 0.101. The largest absolute Gasteiger partial charge is 0.317 e. The highest BCUT2D eigenvalue weighted by molar-refractivity contribution is 4.80. The highest BCUT2D eigenvalue weighted by Gasteiger charge is 2.24. The van der Waals surface area contributed by atoms with Gasteiger partial charge in [-0.25, -0.2) is 4.39 Å². The van der Waals surface area contributed by atoms with Crippen molar-refractivity contribution in [1.82, 2.24) is 10.2 Å². The zero-order valence-electron chi connectivity index (χ0n) is 8.94. The van der Waals surface area contributed by atoms with E-state index in [2.05, 4.69) is 10.2 Å². The van der Waals surface area contributed by atoms with Gasteiger partial charge in [0, 0.05) is 12.6 Å². The van der Waals surface area contributed by atoms with Crippen molar-refractivity contribution in [2.75, 3.05) is 26.7 Å². The average Bonchev–Trinajstić information content (AvgIpc) is 2.03. The molecule has 2 nitrogen and oxygen atoms in total. The minimum atomic E-state index is -1.07. The molecule has 1 saturated heterocycles. The van der Waals surface area contributed by atoms with Crippen LogP contribution in [0, 0.1) is 0 Å². The molecular weight excluding hydrogens is 167 g/mol. The first-order valence-corrected chi connectivity index (χ1v) is 5.09. The Bertz CT molecular complexity index is 147. The van der Waals surface area contributed by atoms with E-state index in [1.807, 2.05) is 7.05 Å². The van der Waals surface area contributed by atoms with Crippen LogP contribution in [-0.4, -0.2) is 43.3 Å². The van der Waals surface area contributed by atoms with Gasteiger partial charge in [-0.3, -0.25) is 0 Å². The van der Waals surface area contributed by atoms with Gasteiger partial charge >= 0.3 is 0 Å². The van der Waals surface area contributed by atoms with Gasteiger partial charge in [0.05, 0.1) is 0 Å². The summed E-state index contributed by atoms with van der Waals surface area (Å²) in [6, 6.07) is 0.566. The van der Waals surface area contributed by atoms with Gasteiger partial charge < -0.3 is 10.2 Å². The number of hydrogen-bond donors (Lipinski definition) is 1. The van der Waals surface area contributed by atoms with Crippen LogP contribution in [0.15, 0.2) is 0 Å². The quantitative estimate of drug-likeness (QED) is 0.720. The zero-order valence-corrected chi connectivity index (χ0v) is 8.94. The topological polar surface area (TPSA) is 15.3 Å². The van der Waals surface area contributed by atoms with E-state index in [1.54, 1.807) is 13.8 Å². The molecule has 0 atom stereocenters. The fourth-order valence-corrected chi connectivity index (χ4v) is 1.97. The molecule has 0 radical (unpaired) electrons. The van der Waals surface area contributed by atoms with Gasteiger partial charge in [-0.1, -0.05) is 0 Å². The van der Waals surface area contributed by atoms with E-state index in [0.29, 0.717) is 12.6 Å². The maximum absolute atomic E-state index is 13.3. The standard InChI is InChI=1S/C10H21FN2/c1-10(2,11)8-13(3)9-4-6-12-7-5-9/h9,12H,4-8H2,1-3H3. The maximum atomic E-state index is 13.3. The summed E-state index contributed by atoms with van der Waals surface area (Å²) in [6.45, 7) is 5.97. The van der Waals surface area contributed by atoms with Gasteiger partial charge in [-0.15, -0.1) is 0 Å². The highest BCUT2D eigenvalue weighted by Crippen LogP contribution is 2.15. The van der Waals surface area contributed by atoms with E-state index in [-0.39, 0.29) is 0 Å². The molecule has 0 aromatic heterocycles. The Kier molecular flexibility index (Phi) is 3.68. The first-order valence-electron chi connectivity index (χ1n) is 5.09. The summed E-state index contributed by atoms with van der Waals surface area (Å²) in [4.78, 5) is 2.15. The Labute approximate surface area is 80.5 Å². The first kappa shape index (κ1) is 10.9. The maximum Gasteiger partial charge on any atom is 0.118 e. The minimum absolute atomic E-state index is 0.539. The fourth-order valence-electron chi connectivity index (χ4n) is 1.97. The zero-order chi connectivity index (χ0) is 9.90. The molecular formula is C10H21FN2. The molecule has 1 fully saturated rings. The van der Waals surface area contributed by atoms with E-state index < -0.39 is 5.67 Å². The SMILES string of the molecule is CN(CC(C)(C)F)C1CCNCC1. The molecule has 0 amide bonds. The lowest BCUT2D eigenvalue weighted by Crippen LogP contribution is -2.45. The molecule has 13 heavy (non-hydrogen) atoms. The van der Waals surface area contributed by atoms with E-state index in [0.717, 1.165) is 25.9 Å². The summed E-state index contributed by atoms with van der Waals surface area (Å²) < 4.78 is 13.3. The van der Waals surface area contributed by atoms with Crippen molar-refractivity contribution in [2.24, 2.45) is 0 Å². The number of nitrogens with one attached hydrogen (secondary N) is 1. The van der Waals surface area contributed by atoms with Gasteiger partial charge in [0.25, 0.3) is 0 Å². The van der Waals surface area contributed by atoms with Crippen LogP contribution >= 0.6 is 0 Å². The number of halogens is 1. The molecule has 1 aliphatic heterocycles. The van der Waals surface area contributed by atoms with Crippen LogP contribution in [0.1, 0.15) is 26.7 Å². The van der Waals surface area contributed by atoms with E-state index in [4.69, 9.17) is 0 Å². The van der Waals surface area contributed by atoms with Crippen LogP contribution in [0.4, 0.5) is 4.39 Å². The van der Waals surface area contributed by atoms with Gasteiger partial charge in [0.15, 0.2) is 0 Å². The Morgan fingerprint density at radius 1 is 1.38 bits per heavy atom. The Hall–Kier alpha value is -0.150. The summed E-state index contributed by atoms with van der Waals surface area (Å²) >= 11 is 0. The molecule has 0 aliphatic carbocycles. The smallest absolute Gasteiger partial charge is 0.118 e. The fraction of sp³-hybridized carbons (Fsp3) is 1.00. The number of rotatable bonds is 3. The predicted octanol–water partition coefficient (Wildman–Crippen LogP) is 1.42. The molecule has 1 rings (SSSR count). The molecule has 1 heterocycles. The summed E-state index contributed by atoms with van der Waals surface area (Å²) in [7, 11) is 2.03. The van der Waals surface area contributed by atoms with E-state index in [1.165, 1.54) is 0 Å². The van der Waals surface area contributed by atoms with Gasteiger partial charge in [-0.05, 0) is 46.8 Å². The predicted molar refractivity (Wildman–Crippen MR) is 53.7 cm³/mol. The molecule has 0 saturated carbocycles. The molecule has 78 valence electrons. The van der Waals surface area contributed by atoms with E-state index >= 15 is 0 Å². The van der Waals surface area contributed by atoms with Crippen LogP contribution in [0.2, 0.25) is 0 Å². The lowest BCUT2D eigenvalue weighted by Gasteiger charge is -2.34. The van der Waals surface area contributed by atoms with Crippen LogP contribution in [0.3, 0.4) is 0 Å². The normalized spacial score (nSPS) is 21.0. The van der Waals surface area contributed by atoms with Crippen molar-refractivity contribution in [3.8, 4) is 0 Å². The van der Waals surface area contributed by atoms with Crippen molar-refractivity contribution in [2.45, 2.75) is 38.4 Å². The molecule has 0 bridgehead atoms. The number of hydrogen-bond acceptors (Lipinski definition) is 2. The second kappa shape index (κ2) is 4.38. The third-order valence-corrected chi connectivity index (χ3v) is 2.56. The summed E-state index contributed by atoms with van der Waals surface area (Å²) in [6.07, 6.45) is 2.29. The van der Waals surface area contributed by atoms with Crippen LogP contribution in [-0.2, 0) is 0 Å². The monoisotopic (exact) mass is 188 g/mol. The second-order valence-corrected chi connectivity index (χ2v) is 4.61. The average molecular weight is 188 g/mol. The van der Waals surface area contributed by atoms with Gasteiger partial charge in [0.2, 0.25) is 0 Å². The third-order valence-electron chi connectivity index (χ3n) is 2.56. The Balaban J connectivity index is 2.33. The molecule has 1 N–H and O–H groups in total. The number of alkyl halides is 1. The summed E-state index contributed by atoms with van der Waals surface area (Å²) in [5.74, 6) is 0. The van der Waals surface area contributed by atoms with E-state index in [9.17, 15) is 4.39 Å². The molecule has 0 aromatic carbocycles. The van der Waals surface area contributed by atoms with Crippen molar-refractivity contribution >= 4 is 0 Å². The minimum Gasteiger partial charge on any atom is -0.317 e. The molecule has 0 spiro atoms. The molecule has 0 aromatic rings.